The van der Waals surface area contributed by atoms with Gasteiger partial charge in [-0.05, 0) is 54.4 Å². The minimum atomic E-state index is -0.473. The van der Waals surface area contributed by atoms with Crippen molar-refractivity contribution in [3.8, 4) is 5.75 Å². The average molecular weight is 498 g/mol. The van der Waals surface area contributed by atoms with E-state index in [4.69, 9.17) is 9.47 Å². The van der Waals surface area contributed by atoms with E-state index in [0.717, 1.165) is 42.6 Å². The van der Waals surface area contributed by atoms with E-state index in [0.29, 0.717) is 31.8 Å². The van der Waals surface area contributed by atoms with Gasteiger partial charge in [0.2, 0.25) is 5.91 Å². The van der Waals surface area contributed by atoms with Crippen molar-refractivity contribution in [3.63, 3.8) is 0 Å². The summed E-state index contributed by atoms with van der Waals surface area (Å²) in [6, 6.07) is 27.8. The third-order valence-electron chi connectivity index (χ3n) is 7.62. The first-order chi connectivity index (χ1) is 18.2. The molecule has 0 unspecified atom stereocenters. The van der Waals surface area contributed by atoms with Crippen LogP contribution in [0, 0.1) is 5.92 Å². The number of nitrogens with zero attached hydrogens (tertiary/aromatic N) is 1. The van der Waals surface area contributed by atoms with E-state index >= 15 is 0 Å². The zero-order chi connectivity index (χ0) is 25.5. The molecule has 0 N–H and O–H groups in total. The van der Waals surface area contributed by atoms with Crippen LogP contribution >= 0.6 is 0 Å². The second-order valence-electron chi connectivity index (χ2n) is 10.1. The van der Waals surface area contributed by atoms with Crippen LogP contribution in [0.5, 0.6) is 5.75 Å². The summed E-state index contributed by atoms with van der Waals surface area (Å²) in [6.07, 6.45) is 5.67. The van der Waals surface area contributed by atoms with Crippen molar-refractivity contribution >= 4 is 11.9 Å². The summed E-state index contributed by atoms with van der Waals surface area (Å²) in [6.45, 7) is 0.701. The molecule has 1 saturated heterocycles. The van der Waals surface area contributed by atoms with Crippen molar-refractivity contribution < 1.29 is 19.1 Å². The lowest BCUT2D eigenvalue weighted by Gasteiger charge is -2.29. The highest BCUT2D eigenvalue weighted by molar-refractivity contribution is 5.85. The topological polar surface area (TPSA) is 55.8 Å². The summed E-state index contributed by atoms with van der Waals surface area (Å²) in [5.74, 6) is 1.02. The van der Waals surface area contributed by atoms with Crippen LogP contribution in [0.1, 0.15) is 55.2 Å². The van der Waals surface area contributed by atoms with E-state index in [9.17, 15) is 9.59 Å². The van der Waals surface area contributed by atoms with Crippen LogP contribution in [0.4, 0.5) is 0 Å². The summed E-state index contributed by atoms with van der Waals surface area (Å²) in [4.78, 5) is 28.2. The quantitative estimate of drug-likeness (QED) is 0.257. The Morgan fingerprint density at radius 2 is 1.54 bits per heavy atom. The number of ether oxygens (including phenoxy) is 2. The van der Waals surface area contributed by atoms with E-state index in [2.05, 4.69) is 18.2 Å². The molecular weight excluding hydrogens is 462 g/mol. The molecule has 1 heterocycles. The Labute approximate surface area is 219 Å². The molecule has 3 aromatic rings. The number of carbonyl (C=O) groups is 2. The number of carbonyl (C=O) groups excluding carboxylic acids is 2. The standard InChI is InChI=1S/C32H35NO4/c34-31(19-10-20-36-30-18-8-7-15-27(30)21-24-11-3-1-4-12-24)33-28-17-9-16-26(28)22-29(33)32(35)37-23-25-13-5-2-6-14-25/h1-8,11-15,18,26,28-29H,9-10,16-17,19-23H2/t26-,28-,29-/m0/s1. The molecule has 192 valence electrons. The maximum atomic E-state index is 13.4. The van der Waals surface area contributed by atoms with E-state index in [-0.39, 0.29) is 24.5 Å². The Hall–Kier alpha value is -3.60. The molecule has 3 atom stereocenters. The third-order valence-corrected chi connectivity index (χ3v) is 7.62. The number of para-hydroxylation sites is 1. The van der Waals surface area contributed by atoms with Crippen molar-refractivity contribution in [3.05, 3.63) is 102 Å². The summed E-state index contributed by atoms with van der Waals surface area (Å²) >= 11 is 0. The van der Waals surface area contributed by atoms with Gasteiger partial charge >= 0.3 is 5.97 Å². The summed E-state index contributed by atoms with van der Waals surface area (Å²) in [5.41, 5.74) is 3.32. The Morgan fingerprint density at radius 3 is 2.32 bits per heavy atom. The smallest absolute Gasteiger partial charge is 0.329 e. The van der Waals surface area contributed by atoms with E-state index in [1.807, 2.05) is 71.6 Å². The van der Waals surface area contributed by atoms with Crippen LogP contribution in [0.25, 0.3) is 0 Å². The molecule has 37 heavy (non-hydrogen) atoms. The largest absolute Gasteiger partial charge is 0.493 e. The van der Waals surface area contributed by atoms with Gasteiger partial charge in [-0.3, -0.25) is 4.79 Å². The predicted molar refractivity (Wildman–Crippen MR) is 143 cm³/mol. The van der Waals surface area contributed by atoms with Crippen LogP contribution in [0.3, 0.4) is 0 Å². The average Bonchev–Trinajstić information content (AvgIpc) is 3.53. The van der Waals surface area contributed by atoms with Crippen LogP contribution in [-0.4, -0.2) is 35.5 Å². The fourth-order valence-electron chi connectivity index (χ4n) is 5.82. The van der Waals surface area contributed by atoms with Gasteiger partial charge in [0.15, 0.2) is 0 Å². The van der Waals surface area contributed by atoms with Gasteiger partial charge in [0.25, 0.3) is 0 Å². The molecule has 5 nitrogen and oxygen atoms in total. The SMILES string of the molecule is O=C(OCc1ccccc1)[C@@H]1C[C@@H]2CCC[C@@H]2N1C(=O)CCCOc1ccccc1Cc1ccccc1. The molecule has 2 aliphatic rings. The fourth-order valence-corrected chi connectivity index (χ4v) is 5.82. The number of benzene rings is 3. The molecule has 1 aliphatic carbocycles. The van der Waals surface area contributed by atoms with Gasteiger partial charge in [0.05, 0.1) is 6.61 Å². The molecule has 1 aliphatic heterocycles. The number of esters is 1. The van der Waals surface area contributed by atoms with Crippen LogP contribution in [0.15, 0.2) is 84.9 Å². The molecule has 0 bridgehead atoms. The minimum absolute atomic E-state index is 0.0391. The Morgan fingerprint density at radius 1 is 0.838 bits per heavy atom. The monoisotopic (exact) mass is 497 g/mol. The van der Waals surface area contributed by atoms with Crippen LogP contribution < -0.4 is 4.74 Å². The highest BCUT2D eigenvalue weighted by Crippen LogP contribution is 2.42. The van der Waals surface area contributed by atoms with Gasteiger partial charge in [0, 0.05) is 18.9 Å². The molecule has 1 saturated carbocycles. The molecule has 3 aromatic carbocycles. The van der Waals surface area contributed by atoms with E-state index in [1.54, 1.807) is 0 Å². The number of likely N-dealkylation sites (tertiary alicyclic amines) is 1. The number of hydrogen-bond acceptors (Lipinski definition) is 4. The summed E-state index contributed by atoms with van der Waals surface area (Å²) in [5, 5.41) is 0. The Balaban J connectivity index is 1.15. The second-order valence-corrected chi connectivity index (χ2v) is 10.1. The second kappa shape index (κ2) is 12.1. The molecule has 0 spiro atoms. The highest BCUT2D eigenvalue weighted by atomic mass is 16.5. The van der Waals surface area contributed by atoms with Crippen molar-refractivity contribution in [1.82, 2.24) is 4.90 Å². The summed E-state index contributed by atoms with van der Waals surface area (Å²) in [7, 11) is 0. The minimum Gasteiger partial charge on any atom is -0.493 e. The van der Waals surface area contributed by atoms with Gasteiger partial charge in [-0.1, -0.05) is 85.3 Å². The molecule has 1 amide bonds. The first-order valence-electron chi connectivity index (χ1n) is 13.5. The molecule has 5 heteroatoms. The molecule has 2 fully saturated rings. The fraction of sp³-hybridized carbons (Fsp3) is 0.375. The number of amides is 1. The van der Waals surface area contributed by atoms with Gasteiger partial charge in [-0.25, -0.2) is 4.79 Å². The summed E-state index contributed by atoms with van der Waals surface area (Å²) < 4.78 is 11.8. The lowest BCUT2D eigenvalue weighted by molar-refractivity contribution is -0.155. The maximum Gasteiger partial charge on any atom is 0.329 e. The molecule has 0 aromatic heterocycles. The first-order valence-corrected chi connectivity index (χ1v) is 13.5. The predicted octanol–water partition coefficient (Wildman–Crippen LogP) is 5.95. The lowest BCUT2D eigenvalue weighted by atomic mass is 10.0. The Kier molecular flexibility index (Phi) is 8.19. The lowest BCUT2D eigenvalue weighted by Crippen LogP contribution is -2.45. The molecule has 0 radical (unpaired) electrons. The molecular formula is C32H35NO4. The van der Waals surface area contributed by atoms with Crippen LogP contribution in [0.2, 0.25) is 0 Å². The zero-order valence-corrected chi connectivity index (χ0v) is 21.3. The van der Waals surface area contributed by atoms with E-state index < -0.39 is 6.04 Å². The van der Waals surface area contributed by atoms with Crippen LogP contribution in [-0.2, 0) is 27.4 Å². The highest BCUT2D eigenvalue weighted by Gasteiger charge is 2.48. The Bertz CT molecular complexity index is 1180. The third kappa shape index (κ3) is 6.22. The van der Waals surface area contributed by atoms with E-state index in [1.165, 1.54) is 5.56 Å². The normalized spacial score (nSPS) is 20.4. The van der Waals surface area contributed by atoms with Gasteiger partial charge in [-0.2, -0.15) is 0 Å². The van der Waals surface area contributed by atoms with Gasteiger partial charge < -0.3 is 14.4 Å². The van der Waals surface area contributed by atoms with Gasteiger partial charge in [0.1, 0.15) is 18.4 Å². The van der Waals surface area contributed by atoms with Gasteiger partial charge in [-0.15, -0.1) is 0 Å². The van der Waals surface area contributed by atoms with Crippen molar-refractivity contribution in [2.75, 3.05) is 6.61 Å². The van der Waals surface area contributed by atoms with Crippen molar-refractivity contribution in [1.29, 1.82) is 0 Å². The zero-order valence-electron chi connectivity index (χ0n) is 21.3. The number of rotatable bonds is 10. The number of hydrogen-bond donors (Lipinski definition) is 0. The number of fused-ring (bicyclic) bond motifs is 1. The molecule has 5 rings (SSSR count). The van der Waals surface area contributed by atoms with Crippen molar-refractivity contribution in [2.24, 2.45) is 5.92 Å². The van der Waals surface area contributed by atoms with Crippen molar-refractivity contribution in [2.45, 2.75) is 63.6 Å². The first kappa shape index (κ1) is 25.1. The maximum absolute atomic E-state index is 13.4.